The van der Waals surface area contributed by atoms with Gasteiger partial charge in [-0.05, 0) is 42.7 Å². The summed E-state index contributed by atoms with van der Waals surface area (Å²) in [6.45, 7) is 4.64. The summed E-state index contributed by atoms with van der Waals surface area (Å²) in [7, 11) is 1.57. The maximum atomic E-state index is 12.8. The minimum absolute atomic E-state index is 0.180. The molecular formula is C25H27NO5S2. The number of hydrogen-bond donors (Lipinski definition) is 0. The van der Waals surface area contributed by atoms with Crippen LogP contribution in [0.4, 0.5) is 0 Å². The average molecular weight is 486 g/mol. The Kier molecular flexibility index (Phi) is 8.91. The van der Waals surface area contributed by atoms with Crippen LogP contribution in [0.15, 0.2) is 47.4 Å². The molecule has 0 aromatic heterocycles. The van der Waals surface area contributed by atoms with E-state index in [-0.39, 0.29) is 12.5 Å². The summed E-state index contributed by atoms with van der Waals surface area (Å²) in [6, 6.07) is 13.6. The number of thioether (sulfide) groups is 1. The molecule has 0 radical (unpaired) electrons. The summed E-state index contributed by atoms with van der Waals surface area (Å²) in [6.07, 6.45) is 3.45. The molecule has 0 atom stereocenters. The molecule has 1 aliphatic rings. The SMILES string of the molecule is CCCCOC(=O)CN1C(=O)/C(=C/c2ccc(OCc3ccc(C)cc3)c(OC)c2)SC1=S. The van der Waals surface area contributed by atoms with Crippen LogP contribution >= 0.6 is 24.0 Å². The molecule has 2 aromatic rings. The Hall–Kier alpha value is -2.84. The monoisotopic (exact) mass is 485 g/mol. The van der Waals surface area contributed by atoms with Gasteiger partial charge in [-0.2, -0.15) is 0 Å². The van der Waals surface area contributed by atoms with Gasteiger partial charge in [-0.1, -0.05) is 73.2 Å². The molecule has 6 nitrogen and oxygen atoms in total. The number of esters is 1. The van der Waals surface area contributed by atoms with E-state index in [0.29, 0.717) is 33.9 Å². The molecule has 33 heavy (non-hydrogen) atoms. The first-order valence-electron chi connectivity index (χ1n) is 10.7. The van der Waals surface area contributed by atoms with E-state index in [1.165, 1.54) is 10.5 Å². The fourth-order valence-electron chi connectivity index (χ4n) is 3.03. The lowest BCUT2D eigenvalue weighted by molar-refractivity contribution is -0.146. The molecule has 0 spiro atoms. The highest BCUT2D eigenvalue weighted by Crippen LogP contribution is 2.35. The second-order valence-electron chi connectivity index (χ2n) is 7.53. The van der Waals surface area contributed by atoms with Gasteiger partial charge in [0.25, 0.3) is 5.91 Å². The lowest BCUT2D eigenvalue weighted by Crippen LogP contribution is -2.34. The van der Waals surface area contributed by atoms with E-state index >= 15 is 0 Å². The first-order valence-corrected chi connectivity index (χ1v) is 11.9. The number of methoxy groups -OCH3 is 1. The molecule has 0 saturated carbocycles. The normalized spacial score (nSPS) is 14.6. The van der Waals surface area contributed by atoms with Gasteiger partial charge in [0, 0.05) is 0 Å². The third-order valence-electron chi connectivity index (χ3n) is 4.92. The van der Waals surface area contributed by atoms with Crippen LogP contribution in [0.25, 0.3) is 6.08 Å². The summed E-state index contributed by atoms with van der Waals surface area (Å²) >= 11 is 6.46. The topological polar surface area (TPSA) is 65.1 Å². The molecule has 1 fully saturated rings. The van der Waals surface area contributed by atoms with Crippen LogP contribution in [0.3, 0.4) is 0 Å². The highest BCUT2D eigenvalue weighted by molar-refractivity contribution is 8.26. The van der Waals surface area contributed by atoms with E-state index in [0.717, 1.165) is 35.7 Å². The van der Waals surface area contributed by atoms with Crippen LogP contribution < -0.4 is 9.47 Å². The molecule has 174 valence electrons. The minimum atomic E-state index is -0.460. The predicted molar refractivity (Wildman–Crippen MR) is 134 cm³/mol. The van der Waals surface area contributed by atoms with Crippen molar-refractivity contribution in [1.82, 2.24) is 4.90 Å². The van der Waals surface area contributed by atoms with Gasteiger partial charge in [-0.15, -0.1) is 0 Å². The fraction of sp³-hybridized carbons (Fsp3) is 0.320. The molecule has 0 unspecified atom stereocenters. The molecule has 1 saturated heterocycles. The summed E-state index contributed by atoms with van der Waals surface area (Å²) in [5, 5.41) is 0. The summed E-state index contributed by atoms with van der Waals surface area (Å²) in [5.41, 5.74) is 3.02. The van der Waals surface area contributed by atoms with Crippen LogP contribution in [0.2, 0.25) is 0 Å². The number of amides is 1. The summed E-state index contributed by atoms with van der Waals surface area (Å²) in [4.78, 5) is 26.5. The minimum Gasteiger partial charge on any atom is -0.493 e. The second-order valence-corrected chi connectivity index (χ2v) is 9.20. The van der Waals surface area contributed by atoms with E-state index in [1.54, 1.807) is 19.3 Å². The highest BCUT2D eigenvalue weighted by atomic mass is 32.2. The van der Waals surface area contributed by atoms with Gasteiger partial charge in [0.15, 0.2) is 11.5 Å². The van der Waals surface area contributed by atoms with Gasteiger partial charge in [0.2, 0.25) is 0 Å². The number of ether oxygens (including phenoxy) is 3. The Morgan fingerprint density at radius 2 is 1.91 bits per heavy atom. The molecule has 8 heteroatoms. The molecule has 1 amide bonds. The molecule has 0 N–H and O–H groups in total. The number of hydrogen-bond acceptors (Lipinski definition) is 7. The average Bonchev–Trinajstić information content (AvgIpc) is 3.06. The van der Waals surface area contributed by atoms with Crippen molar-refractivity contribution in [3.05, 3.63) is 64.1 Å². The fourth-order valence-corrected chi connectivity index (χ4v) is 4.29. The lowest BCUT2D eigenvalue weighted by Gasteiger charge is -2.13. The van der Waals surface area contributed by atoms with Gasteiger partial charge in [0.1, 0.15) is 17.5 Å². The van der Waals surface area contributed by atoms with E-state index in [1.807, 2.05) is 50.2 Å². The van der Waals surface area contributed by atoms with E-state index in [9.17, 15) is 9.59 Å². The van der Waals surface area contributed by atoms with Crippen molar-refractivity contribution < 1.29 is 23.8 Å². The number of nitrogens with zero attached hydrogens (tertiary/aromatic N) is 1. The van der Waals surface area contributed by atoms with Crippen LogP contribution in [0.1, 0.15) is 36.5 Å². The van der Waals surface area contributed by atoms with E-state index in [2.05, 4.69) is 0 Å². The number of thiocarbonyl (C=S) groups is 1. The third kappa shape index (κ3) is 6.82. The number of rotatable bonds is 10. The molecule has 1 heterocycles. The third-order valence-corrected chi connectivity index (χ3v) is 6.30. The highest BCUT2D eigenvalue weighted by Gasteiger charge is 2.33. The van der Waals surface area contributed by atoms with Gasteiger partial charge < -0.3 is 14.2 Å². The standard InChI is InChI=1S/C25H27NO5S2/c1-4-5-12-30-23(27)15-26-24(28)22(33-25(26)32)14-19-10-11-20(21(13-19)29-3)31-16-18-8-6-17(2)7-9-18/h6-11,13-14H,4-5,12,15-16H2,1-3H3/b22-14-. The maximum Gasteiger partial charge on any atom is 0.326 e. The van der Waals surface area contributed by atoms with E-state index < -0.39 is 5.97 Å². The zero-order chi connectivity index (χ0) is 23.8. The molecule has 1 aliphatic heterocycles. The predicted octanol–water partition coefficient (Wildman–Crippen LogP) is 5.13. The first-order chi connectivity index (χ1) is 15.9. The molecule has 3 rings (SSSR count). The molecule has 0 aliphatic carbocycles. The van der Waals surface area contributed by atoms with Crippen molar-refractivity contribution in [1.29, 1.82) is 0 Å². The zero-order valence-corrected chi connectivity index (χ0v) is 20.6. The number of unbranched alkanes of at least 4 members (excludes halogenated alkanes) is 1. The van der Waals surface area contributed by atoms with Crippen LogP contribution in [0, 0.1) is 6.92 Å². The lowest BCUT2D eigenvalue weighted by atomic mass is 10.1. The number of aryl methyl sites for hydroxylation is 1. The van der Waals surface area contributed by atoms with Gasteiger partial charge >= 0.3 is 5.97 Å². The zero-order valence-electron chi connectivity index (χ0n) is 19.0. The van der Waals surface area contributed by atoms with Crippen molar-refractivity contribution in [2.45, 2.75) is 33.3 Å². The molecule has 0 bridgehead atoms. The van der Waals surface area contributed by atoms with Gasteiger partial charge in [-0.25, -0.2) is 0 Å². The van der Waals surface area contributed by atoms with Crippen molar-refractivity contribution >= 4 is 46.3 Å². The van der Waals surface area contributed by atoms with Crippen molar-refractivity contribution in [2.75, 3.05) is 20.3 Å². The van der Waals surface area contributed by atoms with Crippen LogP contribution in [-0.2, 0) is 20.9 Å². The Labute approximate surface area is 203 Å². The second kappa shape index (κ2) is 11.9. The number of carbonyl (C=O) groups is 2. The van der Waals surface area contributed by atoms with Crippen molar-refractivity contribution in [3.63, 3.8) is 0 Å². The summed E-state index contributed by atoms with van der Waals surface area (Å²) in [5.74, 6) is 0.400. The van der Waals surface area contributed by atoms with Crippen molar-refractivity contribution in [3.8, 4) is 11.5 Å². The summed E-state index contributed by atoms with van der Waals surface area (Å²) < 4.78 is 16.9. The number of carbonyl (C=O) groups excluding carboxylic acids is 2. The largest absolute Gasteiger partial charge is 0.493 e. The quantitative estimate of drug-likeness (QED) is 0.200. The van der Waals surface area contributed by atoms with Gasteiger partial charge in [-0.3, -0.25) is 14.5 Å². The van der Waals surface area contributed by atoms with E-state index in [4.69, 9.17) is 26.4 Å². The Balaban J connectivity index is 1.67. The number of benzene rings is 2. The van der Waals surface area contributed by atoms with Crippen LogP contribution in [0.5, 0.6) is 11.5 Å². The maximum absolute atomic E-state index is 12.8. The smallest absolute Gasteiger partial charge is 0.326 e. The Morgan fingerprint density at radius 3 is 2.61 bits per heavy atom. The Morgan fingerprint density at radius 1 is 1.15 bits per heavy atom. The van der Waals surface area contributed by atoms with Crippen molar-refractivity contribution in [2.24, 2.45) is 0 Å². The van der Waals surface area contributed by atoms with Gasteiger partial charge in [0.05, 0.1) is 18.6 Å². The first kappa shape index (κ1) is 24.8. The van der Waals surface area contributed by atoms with Crippen LogP contribution in [-0.4, -0.2) is 41.4 Å². The Bertz CT molecular complexity index is 1050. The molecular weight excluding hydrogens is 458 g/mol. The molecule has 2 aromatic carbocycles.